The van der Waals surface area contributed by atoms with Crippen molar-refractivity contribution in [2.24, 2.45) is 0 Å². The molecule has 0 saturated heterocycles. The van der Waals surface area contributed by atoms with Gasteiger partial charge in [-0.1, -0.05) is 36.4 Å². The summed E-state index contributed by atoms with van der Waals surface area (Å²) in [6, 6.07) is 8.19. The lowest BCUT2D eigenvalue weighted by molar-refractivity contribution is 0.598. The fourth-order valence-electron chi connectivity index (χ4n) is 2.05. The summed E-state index contributed by atoms with van der Waals surface area (Å²) in [6.45, 7) is 2.11. The third-order valence-electron chi connectivity index (χ3n) is 2.84. The zero-order valence-electron chi connectivity index (χ0n) is 8.66. The summed E-state index contributed by atoms with van der Waals surface area (Å²) in [5.41, 5.74) is 3.42. The highest BCUT2D eigenvalue weighted by molar-refractivity contribution is 5.93. The van der Waals surface area contributed by atoms with Crippen LogP contribution in [0.5, 0.6) is 0 Å². The number of furan rings is 1. The Hall–Kier alpha value is -1.76. The van der Waals surface area contributed by atoms with Crippen LogP contribution < -0.4 is 0 Å². The third kappa shape index (κ3) is 1.23. The van der Waals surface area contributed by atoms with Crippen LogP contribution in [0.4, 0.5) is 0 Å². The molecule has 0 saturated carbocycles. The first-order valence-corrected chi connectivity index (χ1v) is 5.21. The molecule has 74 valence electrons. The minimum absolute atomic E-state index is 0.974. The van der Waals surface area contributed by atoms with Crippen LogP contribution in [0, 0.1) is 0 Å². The van der Waals surface area contributed by atoms with E-state index in [0.717, 1.165) is 17.8 Å². The molecule has 15 heavy (non-hydrogen) atoms. The molecule has 0 bridgehead atoms. The molecule has 1 aliphatic carbocycles. The van der Waals surface area contributed by atoms with Gasteiger partial charge in [0.25, 0.3) is 0 Å². The predicted molar refractivity (Wildman–Crippen MR) is 63.5 cm³/mol. The molecule has 0 fully saturated rings. The summed E-state index contributed by atoms with van der Waals surface area (Å²) in [5, 5.41) is 1.21. The van der Waals surface area contributed by atoms with Crippen LogP contribution in [-0.2, 0) is 0 Å². The van der Waals surface area contributed by atoms with E-state index < -0.39 is 0 Å². The van der Waals surface area contributed by atoms with Gasteiger partial charge in [-0.15, -0.1) is 0 Å². The molecule has 1 nitrogen and oxygen atoms in total. The maximum absolute atomic E-state index is 5.86. The maximum Gasteiger partial charge on any atom is 0.138 e. The monoisotopic (exact) mass is 196 g/mol. The average Bonchev–Trinajstić information content (AvgIpc) is 2.54. The number of rotatable bonds is 0. The van der Waals surface area contributed by atoms with E-state index in [2.05, 4.69) is 37.3 Å². The van der Waals surface area contributed by atoms with E-state index in [4.69, 9.17) is 4.42 Å². The Morgan fingerprint density at radius 3 is 3.00 bits per heavy atom. The summed E-state index contributed by atoms with van der Waals surface area (Å²) in [5.74, 6) is 1.02. The number of para-hydroxylation sites is 1. The first-order chi connectivity index (χ1) is 7.36. The topological polar surface area (TPSA) is 13.1 Å². The Morgan fingerprint density at radius 2 is 2.07 bits per heavy atom. The van der Waals surface area contributed by atoms with Crippen molar-refractivity contribution in [2.45, 2.75) is 13.3 Å². The molecule has 2 aromatic rings. The van der Waals surface area contributed by atoms with Crippen molar-refractivity contribution < 1.29 is 4.42 Å². The van der Waals surface area contributed by atoms with Gasteiger partial charge in [0.1, 0.15) is 11.3 Å². The van der Waals surface area contributed by atoms with Gasteiger partial charge in [0.05, 0.1) is 0 Å². The van der Waals surface area contributed by atoms with Crippen LogP contribution in [0.2, 0.25) is 0 Å². The van der Waals surface area contributed by atoms with E-state index in [1.54, 1.807) is 0 Å². The van der Waals surface area contributed by atoms with Crippen LogP contribution in [0.3, 0.4) is 0 Å². The van der Waals surface area contributed by atoms with E-state index >= 15 is 0 Å². The molecule has 1 aromatic heterocycles. The molecule has 0 N–H and O–H groups in total. The van der Waals surface area contributed by atoms with Crippen molar-refractivity contribution in [1.29, 1.82) is 0 Å². The predicted octanol–water partition coefficient (Wildman–Crippen LogP) is 4.25. The Morgan fingerprint density at radius 1 is 1.20 bits per heavy atom. The fraction of sp³-hybridized carbons (Fsp3) is 0.143. The highest BCUT2D eigenvalue weighted by Gasteiger charge is 2.13. The normalized spacial score (nSPS) is 14.9. The second kappa shape index (κ2) is 3.13. The number of fused-ring (bicyclic) bond motifs is 3. The van der Waals surface area contributed by atoms with Crippen molar-refractivity contribution in [1.82, 2.24) is 0 Å². The number of hydrogen-bond acceptors (Lipinski definition) is 1. The molecular weight excluding hydrogens is 184 g/mol. The van der Waals surface area contributed by atoms with Gasteiger partial charge in [0, 0.05) is 10.9 Å². The van der Waals surface area contributed by atoms with E-state index in [1.807, 2.05) is 12.1 Å². The van der Waals surface area contributed by atoms with Crippen molar-refractivity contribution in [2.75, 3.05) is 0 Å². The van der Waals surface area contributed by atoms with E-state index in [-0.39, 0.29) is 0 Å². The Balaban J connectivity index is 2.41. The number of hydrogen-bond donors (Lipinski definition) is 0. The van der Waals surface area contributed by atoms with Crippen molar-refractivity contribution in [3.63, 3.8) is 0 Å². The molecule has 0 atom stereocenters. The molecule has 0 amide bonds. The zero-order chi connectivity index (χ0) is 10.3. The maximum atomic E-state index is 5.86. The van der Waals surface area contributed by atoms with Gasteiger partial charge >= 0.3 is 0 Å². The summed E-state index contributed by atoms with van der Waals surface area (Å²) in [7, 11) is 0. The summed E-state index contributed by atoms with van der Waals surface area (Å²) in [4.78, 5) is 0. The first kappa shape index (κ1) is 8.54. The molecule has 1 aliphatic rings. The lowest BCUT2D eigenvalue weighted by Crippen LogP contribution is -1.76. The van der Waals surface area contributed by atoms with E-state index in [0.29, 0.717) is 0 Å². The van der Waals surface area contributed by atoms with Gasteiger partial charge in [-0.05, 0) is 25.0 Å². The Kier molecular flexibility index (Phi) is 1.78. The molecular formula is C14H12O. The van der Waals surface area contributed by atoms with E-state index in [1.165, 1.54) is 16.5 Å². The van der Waals surface area contributed by atoms with Crippen LogP contribution in [0.1, 0.15) is 24.7 Å². The highest BCUT2D eigenvalue weighted by atomic mass is 16.3. The smallest absolute Gasteiger partial charge is 0.138 e. The SMILES string of the molecule is CC1=CCC=Cc2c1oc1ccccc21. The van der Waals surface area contributed by atoms with Crippen molar-refractivity contribution >= 4 is 22.6 Å². The average molecular weight is 196 g/mol. The number of benzene rings is 1. The Labute approximate surface area is 88.7 Å². The van der Waals surface area contributed by atoms with E-state index in [9.17, 15) is 0 Å². The molecule has 0 aliphatic heterocycles. The van der Waals surface area contributed by atoms with Crippen LogP contribution in [-0.4, -0.2) is 0 Å². The van der Waals surface area contributed by atoms with Gasteiger partial charge in [-0.3, -0.25) is 0 Å². The van der Waals surface area contributed by atoms with Crippen molar-refractivity contribution in [3.8, 4) is 0 Å². The van der Waals surface area contributed by atoms with Gasteiger partial charge in [-0.25, -0.2) is 0 Å². The van der Waals surface area contributed by atoms with Crippen LogP contribution in [0.25, 0.3) is 22.6 Å². The molecule has 1 heterocycles. The molecule has 1 heteroatoms. The minimum Gasteiger partial charge on any atom is -0.456 e. The zero-order valence-corrected chi connectivity index (χ0v) is 8.66. The minimum atomic E-state index is 0.974. The summed E-state index contributed by atoms with van der Waals surface area (Å²) < 4.78 is 5.86. The van der Waals surface area contributed by atoms with Gasteiger partial charge in [0.15, 0.2) is 0 Å². The van der Waals surface area contributed by atoms with Crippen LogP contribution in [0.15, 0.2) is 40.8 Å². The second-order valence-electron chi connectivity index (χ2n) is 3.87. The second-order valence-corrected chi connectivity index (χ2v) is 3.87. The van der Waals surface area contributed by atoms with Crippen LogP contribution >= 0.6 is 0 Å². The Bertz CT molecular complexity index is 570. The van der Waals surface area contributed by atoms with Crippen molar-refractivity contribution in [3.05, 3.63) is 47.7 Å². The standard InChI is InChI=1S/C14H12O/c1-10-6-2-3-8-12-11-7-4-5-9-13(11)15-14(10)12/h3-9H,2H2,1H3. The lowest BCUT2D eigenvalue weighted by Gasteiger charge is -1.94. The quantitative estimate of drug-likeness (QED) is 0.613. The summed E-state index contributed by atoms with van der Waals surface area (Å²) >= 11 is 0. The molecule has 1 aromatic carbocycles. The van der Waals surface area contributed by atoms with Gasteiger partial charge in [0.2, 0.25) is 0 Å². The van der Waals surface area contributed by atoms with Gasteiger partial charge < -0.3 is 4.42 Å². The van der Waals surface area contributed by atoms with Gasteiger partial charge in [-0.2, -0.15) is 0 Å². The lowest BCUT2D eigenvalue weighted by atomic mass is 10.1. The third-order valence-corrected chi connectivity index (χ3v) is 2.84. The summed E-state index contributed by atoms with van der Waals surface area (Å²) in [6.07, 6.45) is 7.53. The molecule has 0 unspecified atom stereocenters. The molecule has 0 spiro atoms. The largest absolute Gasteiger partial charge is 0.456 e. The first-order valence-electron chi connectivity index (χ1n) is 5.21. The molecule has 3 rings (SSSR count). The molecule has 0 radical (unpaired) electrons. The number of allylic oxidation sites excluding steroid dienone is 3. The fourth-order valence-corrected chi connectivity index (χ4v) is 2.05. The highest BCUT2D eigenvalue weighted by Crippen LogP contribution is 2.33.